The van der Waals surface area contributed by atoms with Gasteiger partial charge in [-0.3, -0.25) is 10.1 Å². The molecule has 0 aliphatic heterocycles. The standard InChI is InChI=1S/C12H17N7O2/c1-8-10(19(20)21)11(16-12(13-2)15-8)18(4)7-9-14-5-6-17(9)3/h5-6H,7H2,1-4H3,(H,13,15,16). The number of rotatable bonds is 5. The molecule has 2 heterocycles. The molecule has 21 heavy (non-hydrogen) atoms. The van der Waals surface area contributed by atoms with Gasteiger partial charge in [-0.1, -0.05) is 0 Å². The molecule has 0 aromatic carbocycles. The summed E-state index contributed by atoms with van der Waals surface area (Å²) in [5.74, 6) is 1.40. The molecule has 0 saturated carbocycles. The molecular weight excluding hydrogens is 274 g/mol. The lowest BCUT2D eigenvalue weighted by molar-refractivity contribution is -0.385. The van der Waals surface area contributed by atoms with Crippen LogP contribution in [0.1, 0.15) is 11.5 Å². The number of nitrogens with zero attached hydrogens (tertiary/aromatic N) is 6. The molecule has 0 unspecified atom stereocenters. The Morgan fingerprint density at radius 3 is 2.71 bits per heavy atom. The van der Waals surface area contributed by atoms with Crippen LogP contribution < -0.4 is 10.2 Å². The lowest BCUT2D eigenvalue weighted by atomic mass is 10.3. The molecule has 0 aliphatic carbocycles. The lowest BCUT2D eigenvalue weighted by Crippen LogP contribution is -2.22. The van der Waals surface area contributed by atoms with E-state index in [0.717, 1.165) is 5.82 Å². The highest BCUT2D eigenvalue weighted by Gasteiger charge is 2.25. The van der Waals surface area contributed by atoms with E-state index >= 15 is 0 Å². The van der Waals surface area contributed by atoms with Gasteiger partial charge in [0.1, 0.15) is 11.5 Å². The second-order valence-corrected chi connectivity index (χ2v) is 4.62. The molecule has 0 fully saturated rings. The predicted molar refractivity (Wildman–Crippen MR) is 78.3 cm³/mol. The van der Waals surface area contributed by atoms with Crippen molar-refractivity contribution in [1.82, 2.24) is 19.5 Å². The van der Waals surface area contributed by atoms with Crippen LogP contribution in [0.5, 0.6) is 0 Å². The second-order valence-electron chi connectivity index (χ2n) is 4.62. The van der Waals surface area contributed by atoms with Crippen molar-refractivity contribution in [3.05, 3.63) is 34.0 Å². The first-order chi connectivity index (χ1) is 9.93. The summed E-state index contributed by atoms with van der Waals surface area (Å²) in [6.07, 6.45) is 3.50. The van der Waals surface area contributed by atoms with Crippen molar-refractivity contribution in [2.24, 2.45) is 7.05 Å². The van der Waals surface area contributed by atoms with E-state index in [9.17, 15) is 10.1 Å². The van der Waals surface area contributed by atoms with Crippen molar-refractivity contribution in [3.8, 4) is 0 Å². The molecule has 2 rings (SSSR count). The summed E-state index contributed by atoms with van der Waals surface area (Å²) in [5, 5.41) is 14.1. The normalized spacial score (nSPS) is 10.5. The predicted octanol–water partition coefficient (Wildman–Crippen LogP) is 1.10. The number of nitrogens with one attached hydrogen (secondary N) is 1. The number of aryl methyl sites for hydroxylation is 2. The highest BCUT2D eigenvalue weighted by molar-refractivity contribution is 5.62. The first-order valence-corrected chi connectivity index (χ1v) is 6.32. The zero-order chi connectivity index (χ0) is 15.6. The molecular formula is C12H17N7O2. The van der Waals surface area contributed by atoms with Crippen molar-refractivity contribution in [2.75, 3.05) is 24.3 Å². The zero-order valence-electron chi connectivity index (χ0n) is 12.4. The largest absolute Gasteiger partial charge is 0.357 e. The Morgan fingerprint density at radius 2 is 2.19 bits per heavy atom. The minimum absolute atomic E-state index is 0.0919. The highest BCUT2D eigenvalue weighted by Crippen LogP contribution is 2.29. The average molecular weight is 291 g/mol. The van der Waals surface area contributed by atoms with E-state index in [1.807, 2.05) is 17.8 Å². The van der Waals surface area contributed by atoms with Gasteiger partial charge in [0.15, 0.2) is 0 Å². The van der Waals surface area contributed by atoms with E-state index in [2.05, 4.69) is 20.3 Å². The summed E-state index contributed by atoms with van der Waals surface area (Å²) in [6, 6.07) is 0. The fourth-order valence-electron chi connectivity index (χ4n) is 1.98. The Bertz CT molecular complexity index is 668. The van der Waals surface area contributed by atoms with Crippen LogP contribution in [0.4, 0.5) is 17.5 Å². The van der Waals surface area contributed by atoms with Crippen molar-refractivity contribution < 1.29 is 4.92 Å². The number of anilines is 2. The highest BCUT2D eigenvalue weighted by atomic mass is 16.6. The van der Waals surface area contributed by atoms with E-state index < -0.39 is 4.92 Å². The molecule has 2 aromatic rings. The smallest absolute Gasteiger partial charge is 0.332 e. The van der Waals surface area contributed by atoms with Gasteiger partial charge in [0, 0.05) is 33.5 Å². The molecule has 0 aliphatic rings. The van der Waals surface area contributed by atoms with Gasteiger partial charge in [-0.25, -0.2) is 9.97 Å². The SMILES string of the molecule is CNc1nc(C)c([N+](=O)[O-])c(N(C)Cc2nccn2C)n1. The molecule has 0 radical (unpaired) electrons. The third-order valence-corrected chi connectivity index (χ3v) is 3.11. The molecule has 0 bridgehead atoms. The van der Waals surface area contributed by atoms with Crippen LogP contribution in [0.2, 0.25) is 0 Å². The van der Waals surface area contributed by atoms with Gasteiger partial charge in [0.05, 0.1) is 11.5 Å². The average Bonchev–Trinajstić information content (AvgIpc) is 2.82. The van der Waals surface area contributed by atoms with Crippen LogP contribution in [-0.2, 0) is 13.6 Å². The van der Waals surface area contributed by atoms with Crippen LogP contribution in [0, 0.1) is 17.0 Å². The van der Waals surface area contributed by atoms with Gasteiger partial charge in [-0.05, 0) is 6.92 Å². The Balaban J connectivity index is 2.43. The number of hydrogen-bond donors (Lipinski definition) is 1. The van der Waals surface area contributed by atoms with Crippen LogP contribution >= 0.6 is 0 Å². The van der Waals surface area contributed by atoms with Gasteiger partial charge in [0.25, 0.3) is 0 Å². The van der Waals surface area contributed by atoms with Gasteiger partial charge < -0.3 is 14.8 Å². The van der Waals surface area contributed by atoms with Crippen molar-refractivity contribution in [2.45, 2.75) is 13.5 Å². The molecule has 112 valence electrons. The van der Waals surface area contributed by atoms with Crippen molar-refractivity contribution >= 4 is 17.5 Å². The third-order valence-electron chi connectivity index (χ3n) is 3.11. The Hall–Kier alpha value is -2.71. The fraction of sp³-hybridized carbons (Fsp3) is 0.417. The third kappa shape index (κ3) is 2.91. The van der Waals surface area contributed by atoms with Gasteiger partial charge in [0.2, 0.25) is 11.8 Å². The Labute approximate surface area is 121 Å². The van der Waals surface area contributed by atoms with Crippen molar-refractivity contribution in [1.29, 1.82) is 0 Å². The molecule has 9 nitrogen and oxygen atoms in total. The van der Waals surface area contributed by atoms with Crippen LogP contribution in [0.25, 0.3) is 0 Å². The maximum absolute atomic E-state index is 11.3. The van der Waals surface area contributed by atoms with E-state index in [1.54, 1.807) is 32.1 Å². The van der Waals surface area contributed by atoms with E-state index in [0.29, 0.717) is 18.2 Å². The summed E-state index contributed by atoms with van der Waals surface area (Å²) >= 11 is 0. The molecule has 2 aromatic heterocycles. The minimum atomic E-state index is -0.459. The lowest BCUT2D eigenvalue weighted by Gasteiger charge is -2.18. The number of nitro groups is 1. The molecule has 0 saturated heterocycles. The van der Waals surface area contributed by atoms with Crippen LogP contribution in [-0.4, -0.2) is 38.5 Å². The molecule has 0 amide bonds. The first-order valence-electron chi connectivity index (χ1n) is 6.32. The molecule has 1 N–H and O–H groups in total. The van der Waals surface area contributed by atoms with Crippen LogP contribution in [0.15, 0.2) is 12.4 Å². The Morgan fingerprint density at radius 1 is 1.48 bits per heavy atom. The summed E-state index contributed by atoms with van der Waals surface area (Å²) in [6.45, 7) is 2.00. The fourth-order valence-corrected chi connectivity index (χ4v) is 1.98. The van der Waals surface area contributed by atoms with Crippen LogP contribution in [0.3, 0.4) is 0 Å². The maximum atomic E-state index is 11.3. The Kier molecular flexibility index (Phi) is 4.01. The summed E-state index contributed by atoms with van der Waals surface area (Å²) in [7, 11) is 5.28. The van der Waals surface area contributed by atoms with Gasteiger partial charge in [-0.2, -0.15) is 4.98 Å². The van der Waals surface area contributed by atoms with E-state index in [4.69, 9.17) is 0 Å². The summed E-state index contributed by atoms with van der Waals surface area (Å²) in [5.41, 5.74) is 0.228. The van der Waals surface area contributed by atoms with E-state index in [-0.39, 0.29) is 11.5 Å². The second kappa shape index (κ2) is 5.73. The van der Waals surface area contributed by atoms with Gasteiger partial charge >= 0.3 is 5.69 Å². The van der Waals surface area contributed by atoms with Gasteiger partial charge in [-0.15, -0.1) is 0 Å². The molecule has 0 spiro atoms. The number of aromatic nitrogens is 4. The monoisotopic (exact) mass is 291 g/mol. The first kappa shape index (κ1) is 14.7. The minimum Gasteiger partial charge on any atom is -0.357 e. The quantitative estimate of drug-likeness (QED) is 0.650. The molecule has 0 atom stereocenters. The topological polar surface area (TPSA) is 102 Å². The summed E-state index contributed by atoms with van der Waals surface area (Å²) in [4.78, 5) is 25.0. The maximum Gasteiger partial charge on any atom is 0.332 e. The number of hydrogen-bond acceptors (Lipinski definition) is 7. The zero-order valence-corrected chi connectivity index (χ0v) is 12.4. The van der Waals surface area contributed by atoms with E-state index in [1.165, 1.54) is 0 Å². The summed E-state index contributed by atoms with van der Waals surface area (Å²) < 4.78 is 1.86. The van der Waals surface area contributed by atoms with Crippen molar-refractivity contribution in [3.63, 3.8) is 0 Å². The number of imidazole rings is 1. The molecule has 9 heteroatoms.